The van der Waals surface area contributed by atoms with E-state index in [1.54, 1.807) is 0 Å². The van der Waals surface area contributed by atoms with Gasteiger partial charge >= 0.3 is 7.82 Å². The molecule has 3 unspecified atom stereocenters. The predicted octanol–water partition coefficient (Wildman–Crippen LogP) is 20.0. The van der Waals surface area contributed by atoms with E-state index in [2.05, 4.69) is 104 Å². The second kappa shape index (κ2) is 57.4. The van der Waals surface area contributed by atoms with Gasteiger partial charge in [0.1, 0.15) is 13.2 Å². The SMILES string of the molecule is CC/C=C\C/C=C\C/C=C\C/C=C\C/C=C\C/C=C\C/C=C\CCCCCC(=O)NC(COP(=O)(O)OCC[N+](C)(C)C)C(O)CCCCCCCCCCCCCCCCCCCCCCCCCCCCCCC. The number of likely N-dealkylation sites (N-methyl/N-ethyl adjacent to an activating group) is 1. The number of carbonyl (C=O) groups excluding carboxylic acids is 1. The molecule has 0 saturated heterocycles. The molecule has 8 nitrogen and oxygen atoms in total. The van der Waals surface area contributed by atoms with Crippen molar-refractivity contribution in [3.05, 3.63) is 85.1 Å². The maximum atomic E-state index is 13.0. The van der Waals surface area contributed by atoms with E-state index in [0.717, 1.165) is 89.9 Å². The van der Waals surface area contributed by atoms with Gasteiger partial charge in [0.25, 0.3) is 0 Å². The summed E-state index contributed by atoms with van der Waals surface area (Å²) in [7, 11) is 1.59. The van der Waals surface area contributed by atoms with Crippen LogP contribution in [0.4, 0.5) is 0 Å². The Morgan fingerprint density at radius 2 is 0.789 bits per heavy atom. The van der Waals surface area contributed by atoms with Crippen LogP contribution in [0.15, 0.2) is 85.1 Å². The van der Waals surface area contributed by atoms with Crippen LogP contribution in [0.3, 0.4) is 0 Å². The van der Waals surface area contributed by atoms with Crippen molar-refractivity contribution in [1.29, 1.82) is 0 Å². The normalized spacial score (nSPS) is 14.4. The van der Waals surface area contributed by atoms with Crippen LogP contribution in [0, 0.1) is 0 Å². The Balaban J connectivity index is 4.18. The zero-order valence-electron chi connectivity index (χ0n) is 50.5. The lowest BCUT2D eigenvalue weighted by Crippen LogP contribution is -2.46. The number of nitrogens with one attached hydrogen (secondary N) is 1. The van der Waals surface area contributed by atoms with Gasteiger partial charge in [0.2, 0.25) is 5.91 Å². The van der Waals surface area contributed by atoms with Crippen molar-refractivity contribution >= 4 is 13.7 Å². The Hall–Kier alpha value is -2.32. The van der Waals surface area contributed by atoms with E-state index < -0.39 is 20.0 Å². The van der Waals surface area contributed by atoms with E-state index in [1.807, 2.05) is 21.1 Å². The number of nitrogens with zero attached hydrogens (tertiary/aromatic N) is 1. The molecule has 0 aliphatic rings. The molecule has 0 aliphatic carbocycles. The Labute approximate surface area is 471 Å². The number of phosphoric acid groups is 1. The molecule has 0 saturated carbocycles. The molecular weight excluding hydrogens is 960 g/mol. The number of hydrogen-bond donors (Lipinski definition) is 3. The first kappa shape index (κ1) is 73.7. The molecule has 0 radical (unpaired) electrons. The summed E-state index contributed by atoms with van der Waals surface area (Å²) in [6, 6.07) is -0.786. The molecule has 0 aromatic rings. The van der Waals surface area contributed by atoms with Crippen molar-refractivity contribution in [3.8, 4) is 0 Å². The molecule has 0 aromatic carbocycles. The molecule has 1 amide bonds. The number of phosphoric ester groups is 1. The van der Waals surface area contributed by atoms with E-state index in [1.165, 1.54) is 167 Å². The van der Waals surface area contributed by atoms with Crippen LogP contribution in [-0.2, 0) is 18.4 Å². The van der Waals surface area contributed by atoms with Gasteiger partial charge in [-0.3, -0.25) is 13.8 Å². The maximum Gasteiger partial charge on any atom is 0.472 e. The van der Waals surface area contributed by atoms with Gasteiger partial charge in [-0.25, -0.2) is 4.57 Å². The molecule has 3 atom stereocenters. The Morgan fingerprint density at radius 1 is 0.461 bits per heavy atom. The Bertz CT molecular complexity index is 1510. The summed E-state index contributed by atoms with van der Waals surface area (Å²) in [5.74, 6) is -0.176. The lowest BCUT2D eigenvalue weighted by molar-refractivity contribution is -0.870. The van der Waals surface area contributed by atoms with Crippen LogP contribution in [0.5, 0.6) is 0 Å². The van der Waals surface area contributed by atoms with Gasteiger partial charge in [0.15, 0.2) is 0 Å². The molecule has 9 heteroatoms. The molecule has 3 N–H and O–H groups in total. The fourth-order valence-electron chi connectivity index (χ4n) is 9.21. The van der Waals surface area contributed by atoms with Crippen LogP contribution in [-0.4, -0.2) is 73.4 Å². The molecule has 0 spiro atoms. The number of hydrogen-bond acceptors (Lipinski definition) is 5. The highest BCUT2D eigenvalue weighted by atomic mass is 31.2. The zero-order chi connectivity index (χ0) is 55.6. The number of quaternary nitrogens is 1. The van der Waals surface area contributed by atoms with E-state index in [9.17, 15) is 19.4 Å². The van der Waals surface area contributed by atoms with Crippen LogP contribution in [0.25, 0.3) is 0 Å². The van der Waals surface area contributed by atoms with Gasteiger partial charge in [-0.05, 0) is 70.6 Å². The number of allylic oxidation sites excluding steroid dienone is 14. The minimum Gasteiger partial charge on any atom is -0.391 e. The standard InChI is InChI=1S/C67H123N2O6P/c1-6-8-10-12-14-16-18-20-22-24-26-28-30-32-33-34-35-37-38-40-42-44-46-48-50-52-54-56-58-60-66(70)65(64-75-76(72,73)74-63-62-69(3,4)5)68-67(71)61-59-57-55-53-51-49-47-45-43-41-39-36-31-29-27-25-23-21-19-17-15-13-11-9-7-2/h9,11,15,17,21,23,27,29,36,39,43,45,49,51,65-66,70H,6-8,10,12-14,16,18-20,22,24-26,28,30-35,37-38,40-42,44,46-48,50,52-64H2,1-5H3,(H-,68,71,72,73)/p+1/b11-9-,17-15-,23-21-,29-27-,39-36-,45-43-,51-49-. The highest BCUT2D eigenvalue weighted by Gasteiger charge is 2.28. The summed E-state index contributed by atoms with van der Waals surface area (Å²) >= 11 is 0. The van der Waals surface area contributed by atoms with Crippen molar-refractivity contribution in [2.24, 2.45) is 0 Å². The summed E-state index contributed by atoms with van der Waals surface area (Å²) in [5.41, 5.74) is 0. The topological polar surface area (TPSA) is 105 Å². The maximum absolute atomic E-state index is 13.0. The van der Waals surface area contributed by atoms with Crippen LogP contribution in [0.1, 0.15) is 284 Å². The lowest BCUT2D eigenvalue weighted by atomic mass is 10.0. The highest BCUT2D eigenvalue weighted by Crippen LogP contribution is 2.43. The average Bonchev–Trinajstić information content (AvgIpc) is 3.38. The fourth-order valence-corrected chi connectivity index (χ4v) is 9.94. The van der Waals surface area contributed by atoms with Crippen molar-refractivity contribution in [1.82, 2.24) is 5.32 Å². The number of rotatable bonds is 58. The van der Waals surface area contributed by atoms with Crippen LogP contribution >= 0.6 is 7.82 Å². The van der Waals surface area contributed by atoms with Gasteiger partial charge in [0, 0.05) is 6.42 Å². The molecular formula is C67H124N2O6P+. The average molecular weight is 1080 g/mol. The lowest BCUT2D eigenvalue weighted by Gasteiger charge is -2.26. The van der Waals surface area contributed by atoms with E-state index in [0.29, 0.717) is 23.9 Å². The van der Waals surface area contributed by atoms with Crippen molar-refractivity contribution in [3.63, 3.8) is 0 Å². The zero-order valence-corrected chi connectivity index (χ0v) is 51.4. The summed E-state index contributed by atoms with van der Waals surface area (Å²) in [6.07, 6.45) is 80.9. The summed E-state index contributed by atoms with van der Waals surface area (Å²) < 4.78 is 23.8. The first-order valence-corrected chi connectivity index (χ1v) is 33.4. The van der Waals surface area contributed by atoms with Gasteiger partial charge in [0.05, 0.1) is 39.9 Å². The first-order chi connectivity index (χ1) is 37.0. The minimum absolute atomic E-state index is 0.0637. The number of aliphatic hydroxyl groups is 1. The second-order valence-corrected chi connectivity index (χ2v) is 24.2. The van der Waals surface area contributed by atoms with Crippen molar-refractivity contribution < 1.29 is 32.9 Å². The van der Waals surface area contributed by atoms with Crippen LogP contribution < -0.4 is 5.32 Å². The Morgan fingerprint density at radius 3 is 1.14 bits per heavy atom. The number of carbonyl (C=O) groups is 1. The number of unbranched alkanes of at least 4 members (excludes halogenated alkanes) is 31. The number of aliphatic hydroxyl groups excluding tert-OH is 1. The smallest absolute Gasteiger partial charge is 0.391 e. The quantitative estimate of drug-likeness (QED) is 0.0243. The van der Waals surface area contributed by atoms with Crippen LogP contribution in [0.2, 0.25) is 0 Å². The molecule has 0 heterocycles. The van der Waals surface area contributed by atoms with Crippen molar-refractivity contribution in [2.45, 2.75) is 296 Å². The summed E-state index contributed by atoms with van der Waals surface area (Å²) in [5, 5.41) is 14.1. The molecule has 0 aliphatic heterocycles. The number of amides is 1. The summed E-state index contributed by atoms with van der Waals surface area (Å²) in [6.45, 7) is 4.77. The van der Waals surface area contributed by atoms with Gasteiger partial charge < -0.3 is 19.8 Å². The third-order valence-electron chi connectivity index (χ3n) is 14.2. The third kappa shape index (κ3) is 59.3. The van der Waals surface area contributed by atoms with Gasteiger partial charge in [-0.2, -0.15) is 0 Å². The largest absolute Gasteiger partial charge is 0.472 e. The highest BCUT2D eigenvalue weighted by molar-refractivity contribution is 7.47. The van der Waals surface area contributed by atoms with E-state index >= 15 is 0 Å². The molecule has 0 bridgehead atoms. The molecule has 76 heavy (non-hydrogen) atoms. The van der Waals surface area contributed by atoms with Crippen molar-refractivity contribution in [2.75, 3.05) is 40.9 Å². The monoisotopic (exact) mass is 1080 g/mol. The minimum atomic E-state index is -4.34. The van der Waals surface area contributed by atoms with Gasteiger partial charge in [-0.1, -0.05) is 292 Å². The molecule has 0 fully saturated rings. The summed E-state index contributed by atoms with van der Waals surface area (Å²) in [4.78, 5) is 23.4. The van der Waals surface area contributed by atoms with E-state index in [-0.39, 0.29) is 19.1 Å². The molecule has 0 rings (SSSR count). The Kier molecular flexibility index (Phi) is 55.6. The second-order valence-electron chi connectivity index (χ2n) is 22.8. The molecule has 442 valence electrons. The third-order valence-corrected chi connectivity index (χ3v) is 15.1. The first-order valence-electron chi connectivity index (χ1n) is 32.0. The fraction of sp³-hybridized carbons (Fsp3) is 0.776. The van der Waals surface area contributed by atoms with E-state index in [4.69, 9.17) is 9.05 Å². The predicted molar refractivity (Wildman–Crippen MR) is 332 cm³/mol. The van der Waals surface area contributed by atoms with Gasteiger partial charge in [-0.15, -0.1) is 0 Å². The molecule has 0 aromatic heterocycles.